The van der Waals surface area contributed by atoms with E-state index >= 15 is 0 Å². The molecule has 0 saturated heterocycles. The second-order valence-corrected chi connectivity index (χ2v) is 6.42. The number of ether oxygens (including phenoxy) is 2. The Hall–Kier alpha value is -3.05. The number of hydrogen-bond donors (Lipinski definition) is 2. The standard InChI is InChI=1S/C18H18N4O4/c19-8-11-1-2-16-12(5-11)6-13(10-25-16)20-18(24)15-7-17-22(21-15)4-3-14(9-23)26-17/h1-2,5,7,13-14,23H,3-4,6,9-10H2,(H,20,24)/t13-,14?/m1/s1. The number of amides is 1. The van der Waals surface area contributed by atoms with Gasteiger partial charge in [-0.05, 0) is 30.2 Å². The molecular weight excluding hydrogens is 336 g/mol. The van der Waals surface area contributed by atoms with E-state index in [1.54, 1.807) is 28.9 Å². The van der Waals surface area contributed by atoms with Gasteiger partial charge in [0.1, 0.15) is 18.5 Å². The first-order valence-corrected chi connectivity index (χ1v) is 8.48. The van der Waals surface area contributed by atoms with E-state index in [9.17, 15) is 9.90 Å². The van der Waals surface area contributed by atoms with Crippen LogP contribution >= 0.6 is 0 Å². The first kappa shape index (κ1) is 16.4. The molecule has 3 heterocycles. The summed E-state index contributed by atoms with van der Waals surface area (Å²) in [5.74, 6) is 0.935. The van der Waals surface area contributed by atoms with Crippen molar-refractivity contribution in [2.45, 2.75) is 31.5 Å². The van der Waals surface area contributed by atoms with Crippen molar-refractivity contribution >= 4 is 5.91 Å². The van der Waals surface area contributed by atoms with E-state index < -0.39 is 0 Å². The Morgan fingerprint density at radius 1 is 1.46 bits per heavy atom. The van der Waals surface area contributed by atoms with E-state index in [1.165, 1.54) is 0 Å². The van der Waals surface area contributed by atoms with Crippen molar-refractivity contribution in [3.8, 4) is 17.7 Å². The summed E-state index contributed by atoms with van der Waals surface area (Å²) in [5.41, 5.74) is 1.74. The SMILES string of the molecule is N#Cc1ccc2c(c1)C[C@@H](NC(=O)c1cc3n(n1)CCC(CO)O3)CO2. The Morgan fingerprint density at radius 3 is 3.15 bits per heavy atom. The molecule has 134 valence electrons. The van der Waals surface area contributed by atoms with Crippen LogP contribution in [0.15, 0.2) is 24.3 Å². The number of nitriles is 1. The molecule has 2 atom stereocenters. The number of aliphatic hydroxyl groups is 1. The van der Waals surface area contributed by atoms with Crippen molar-refractivity contribution in [3.63, 3.8) is 0 Å². The third kappa shape index (κ3) is 3.09. The highest BCUT2D eigenvalue weighted by atomic mass is 16.5. The number of hydrogen-bond acceptors (Lipinski definition) is 6. The van der Waals surface area contributed by atoms with Gasteiger partial charge in [-0.1, -0.05) is 0 Å². The van der Waals surface area contributed by atoms with Crippen LogP contribution in [0.25, 0.3) is 0 Å². The van der Waals surface area contributed by atoms with E-state index in [4.69, 9.17) is 14.7 Å². The molecule has 2 aromatic rings. The lowest BCUT2D eigenvalue weighted by Gasteiger charge is -2.25. The van der Waals surface area contributed by atoms with E-state index in [2.05, 4.69) is 16.5 Å². The average Bonchev–Trinajstić information content (AvgIpc) is 3.10. The Labute approximate surface area is 149 Å². The molecule has 0 radical (unpaired) electrons. The smallest absolute Gasteiger partial charge is 0.272 e. The topological polar surface area (TPSA) is 109 Å². The predicted molar refractivity (Wildman–Crippen MR) is 90.0 cm³/mol. The summed E-state index contributed by atoms with van der Waals surface area (Å²) in [7, 11) is 0. The van der Waals surface area contributed by atoms with E-state index in [1.807, 2.05) is 0 Å². The second kappa shape index (κ2) is 6.69. The van der Waals surface area contributed by atoms with Gasteiger partial charge in [-0.15, -0.1) is 0 Å². The molecule has 2 aliphatic heterocycles. The summed E-state index contributed by atoms with van der Waals surface area (Å²) in [5, 5.41) is 25.4. The molecule has 2 N–H and O–H groups in total. The molecule has 0 saturated carbocycles. The highest BCUT2D eigenvalue weighted by Gasteiger charge is 2.26. The highest BCUT2D eigenvalue weighted by molar-refractivity contribution is 5.92. The number of benzene rings is 1. The summed E-state index contributed by atoms with van der Waals surface area (Å²) in [6, 6.07) is 8.77. The van der Waals surface area contributed by atoms with Gasteiger partial charge in [-0.25, -0.2) is 4.68 Å². The van der Waals surface area contributed by atoms with E-state index in [0.717, 1.165) is 11.3 Å². The van der Waals surface area contributed by atoms with Gasteiger partial charge in [0.15, 0.2) is 5.69 Å². The largest absolute Gasteiger partial charge is 0.491 e. The molecule has 0 bridgehead atoms. The van der Waals surface area contributed by atoms with Gasteiger partial charge >= 0.3 is 0 Å². The fourth-order valence-electron chi connectivity index (χ4n) is 3.21. The number of nitrogens with zero attached hydrogens (tertiary/aromatic N) is 3. The van der Waals surface area contributed by atoms with Crippen molar-refractivity contribution in [3.05, 3.63) is 41.1 Å². The number of aromatic nitrogens is 2. The zero-order valence-corrected chi connectivity index (χ0v) is 14.0. The van der Waals surface area contributed by atoms with Gasteiger partial charge in [-0.3, -0.25) is 4.79 Å². The van der Waals surface area contributed by atoms with Crippen molar-refractivity contribution in [2.75, 3.05) is 13.2 Å². The fraction of sp³-hybridized carbons (Fsp3) is 0.389. The minimum atomic E-state index is -0.301. The van der Waals surface area contributed by atoms with Gasteiger partial charge in [0, 0.05) is 19.0 Å². The molecule has 8 nitrogen and oxygen atoms in total. The molecular formula is C18H18N4O4. The maximum absolute atomic E-state index is 12.5. The minimum Gasteiger partial charge on any atom is -0.491 e. The van der Waals surface area contributed by atoms with Crippen molar-refractivity contribution < 1.29 is 19.4 Å². The van der Waals surface area contributed by atoms with E-state index in [0.29, 0.717) is 37.4 Å². The van der Waals surface area contributed by atoms with Crippen LogP contribution in [0.5, 0.6) is 11.6 Å². The molecule has 8 heteroatoms. The quantitative estimate of drug-likeness (QED) is 0.837. The molecule has 0 fully saturated rings. The van der Waals surface area contributed by atoms with Crippen LogP contribution in [-0.4, -0.2) is 46.2 Å². The van der Waals surface area contributed by atoms with Crippen LogP contribution in [0.4, 0.5) is 0 Å². The molecule has 0 aliphatic carbocycles. The van der Waals surface area contributed by atoms with Crippen LogP contribution in [0, 0.1) is 11.3 Å². The fourth-order valence-corrected chi connectivity index (χ4v) is 3.21. The molecule has 1 unspecified atom stereocenters. The monoisotopic (exact) mass is 354 g/mol. The minimum absolute atomic E-state index is 0.0593. The molecule has 0 spiro atoms. The second-order valence-electron chi connectivity index (χ2n) is 6.42. The van der Waals surface area contributed by atoms with Crippen LogP contribution in [0.1, 0.15) is 28.0 Å². The van der Waals surface area contributed by atoms with Crippen LogP contribution in [0.3, 0.4) is 0 Å². The summed E-state index contributed by atoms with van der Waals surface area (Å²) in [6.45, 7) is 0.905. The molecule has 4 rings (SSSR count). The maximum atomic E-state index is 12.5. The lowest BCUT2D eigenvalue weighted by molar-refractivity contribution is 0.0732. The number of rotatable bonds is 3. The van der Waals surface area contributed by atoms with Crippen LogP contribution in [-0.2, 0) is 13.0 Å². The Kier molecular flexibility index (Phi) is 4.22. The lowest BCUT2D eigenvalue weighted by Crippen LogP contribution is -2.42. The zero-order chi connectivity index (χ0) is 18.1. The van der Waals surface area contributed by atoms with Gasteiger partial charge < -0.3 is 19.9 Å². The Morgan fingerprint density at radius 2 is 2.35 bits per heavy atom. The third-order valence-electron chi connectivity index (χ3n) is 4.56. The average molecular weight is 354 g/mol. The number of carbonyl (C=O) groups excluding carboxylic acids is 1. The molecule has 26 heavy (non-hydrogen) atoms. The first-order valence-electron chi connectivity index (χ1n) is 8.48. The first-order chi connectivity index (χ1) is 12.7. The van der Waals surface area contributed by atoms with Gasteiger partial charge in [0.05, 0.1) is 24.3 Å². The maximum Gasteiger partial charge on any atom is 0.272 e. The highest BCUT2D eigenvalue weighted by Crippen LogP contribution is 2.26. The Bertz CT molecular complexity index is 886. The normalized spacial score (nSPS) is 20.8. The van der Waals surface area contributed by atoms with Crippen LogP contribution in [0.2, 0.25) is 0 Å². The van der Waals surface area contributed by atoms with Gasteiger partial charge in [0.2, 0.25) is 5.88 Å². The number of carbonyl (C=O) groups is 1. The van der Waals surface area contributed by atoms with Crippen molar-refractivity contribution in [1.82, 2.24) is 15.1 Å². The predicted octanol–water partition coefficient (Wildman–Crippen LogP) is 0.632. The molecule has 1 aromatic carbocycles. The third-order valence-corrected chi connectivity index (χ3v) is 4.56. The summed E-state index contributed by atoms with van der Waals surface area (Å²) in [6.07, 6.45) is 0.987. The molecule has 1 amide bonds. The van der Waals surface area contributed by atoms with Crippen molar-refractivity contribution in [2.24, 2.45) is 0 Å². The molecule has 1 aromatic heterocycles. The number of nitrogens with one attached hydrogen (secondary N) is 1. The summed E-state index contributed by atoms with van der Waals surface area (Å²) in [4.78, 5) is 12.5. The van der Waals surface area contributed by atoms with E-state index in [-0.39, 0.29) is 30.4 Å². The number of aryl methyl sites for hydroxylation is 1. The zero-order valence-electron chi connectivity index (χ0n) is 14.0. The summed E-state index contributed by atoms with van der Waals surface area (Å²) >= 11 is 0. The lowest BCUT2D eigenvalue weighted by atomic mass is 10.0. The number of fused-ring (bicyclic) bond motifs is 2. The van der Waals surface area contributed by atoms with Gasteiger partial charge in [0.25, 0.3) is 5.91 Å². The van der Waals surface area contributed by atoms with Crippen molar-refractivity contribution in [1.29, 1.82) is 5.26 Å². The number of aliphatic hydroxyl groups excluding tert-OH is 1. The Balaban J connectivity index is 1.44. The van der Waals surface area contributed by atoms with Gasteiger partial charge in [-0.2, -0.15) is 10.4 Å². The van der Waals surface area contributed by atoms with Crippen LogP contribution < -0.4 is 14.8 Å². The molecule has 2 aliphatic rings. The summed E-state index contributed by atoms with van der Waals surface area (Å²) < 4.78 is 12.9.